The van der Waals surface area contributed by atoms with Crippen molar-refractivity contribution < 1.29 is 4.79 Å². The van der Waals surface area contributed by atoms with E-state index in [1.165, 1.54) is 17.3 Å². The molecule has 0 fully saturated rings. The Morgan fingerprint density at radius 2 is 1.93 bits per heavy atom. The molecule has 3 rings (SSSR count). The zero-order valence-corrected chi connectivity index (χ0v) is 16.6. The van der Waals surface area contributed by atoms with Gasteiger partial charge in [-0.2, -0.15) is 0 Å². The third kappa shape index (κ3) is 4.70. The Bertz CT molecular complexity index is 1030. The van der Waals surface area contributed by atoms with Gasteiger partial charge in [-0.3, -0.25) is 14.2 Å². The molecule has 3 aromatic rings. The van der Waals surface area contributed by atoms with Crippen molar-refractivity contribution >= 4 is 28.6 Å². The number of carbonyl (C=O) groups excluding carboxylic acids is 1. The van der Waals surface area contributed by atoms with Crippen molar-refractivity contribution in [3.63, 3.8) is 0 Å². The lowest BCUT2D eigenvalue weighted by atomic mass is 10.1. The van der Waals surface area contributed by atoms with E-state index in [1.54, 1.807) is 16.7 Å². The summed E-state index contributed by atoms with van der Waals surface area (Å²) in [6.07, 6.45) is 2.44. The van der Waals surface area contributed by atoms with E-state index in [-0.39, 0.29) is 16.7 Å². The van der Waals surface area contributed by atoms with Gasteiger partial charge in [-0.1, -0.05) is 60.3 Å². The Morgan fingerprint density at radius 3 is 2.68 bits per heavy atom. The van der Waals surface area contributed by atoms with Gasteiger partial charge in [0, 0.05) is 13.1 Å². The molecule has 28 heavy (non-hydrogen) atoms. The fourth-order valence-electron chi connectivity index (χ4n) is 2.86. The number of nitrogens with one attached hydrogen (secondary N) is 1. The molecule has 1 heterocycles. The predicted octanol–water partition coefficient (Wildman–Crippen LogP) is 3.42. The van der Waals surface area contributed by atoms with E-state index in [0.717, 1.165) is 6.42 Å². The van der Waals surface area contributed by atoms with E-state index < -0.39 is 0 Å². The van der Waals surface area contributed by atoms with Crippen LogP contribution in [0, 0.1) is 0 Å². The summed E-state index contributed by atoms with van der Waals surface area (Å²) in [5.41, 5.74) is 1.69. The number of aromatic nitrogens is 2. The zero-order valence-electron chi connectivity index (χ0n) is 15.8. The fraction of sp³-hybridized carbons (Fsp3) is 0.227. The topological polar surface area (TPSA) is 64.0 Å². The second-order valence-electron chi connectivity index (χ2n) is 6.40. The summed E-state index contributed by atoms with van der Waals surface area (Å²) in [5, 5.41) is 3.67. The molecule has 0 aliphatic rings. The molecule has 0 aliphatic carbocycles. The van der Waals surface area contributed by atoms with Gasteiger partial charge in [-0.15, -0.1) is 6.58 Å². The number of thioether (sulfide) groups is 1. The molecule has 1 aromatic heterocycles. The second kappa shape index (κ2) is 9.37. The summed E-state index contributed by atoms with van der Waals surface area (Å²) in [7, 11) is 0. The number of amides is 1. The lowest BCUT2D eigenvalue weighted by molar-refractivity contribution is -0.120. The van der Waals surface area contributed by atoms with Gasteiger partial charge < -0.3 is 5.32 Å². The fourth-order valence-corrected chi connectivity index (χ4v) is 3.80. The molecule has 1 amide bonds. The van der Waals surface area contributed by atoms with E-state index in [0.29, 0.717) is 29.1 Å². The summed E-state index contributed by atoms with van der Waals surface area (Å²) < 4.78 is 1.56. The average Bonchev–Trinajstić information content (AvgIpc) is 2.71. The van der Waals surface area contributed by atoms with Crippen molar-refractivity contribution in [3.05, 3.63) is 83.2 Å². The van der Waals surface area contributed by atoms with Crippen molar-refractivity contribution in [1.82, 2.24) is 14.9 Å². The predicted molar refractivity (Wildman–Crippen MR) is 115 cm³/mol. The van der Waals surface area contributed by atoms with Crippen LogP contribution in [-0.2, 0) is 17.8 Å². The average molecular weight is 394 g/mol. The quantitative estimate of drug-likeness (QED) is 0.362. The highest BCUT2D eigenvalue weighted by Crippen LogP contribution is 2.22. The lowest BCUT2D eigenvalue weighted by Crippen LogP contribution is -2.33. The third-order valence-electron chi connectivity index (χ3n) is 4.35. The second-order valence-corrected chi connectivity index (χ2v) is 7.71. The molecule has 144 valence electrons. The van der Waals surface area contributed by atoms with E-state index >= 15 is 0 Å². The summed E-state index contributed by atoms with van der Waals surface area (Å²) in [5.74, 6) is -0.0755. The van der Waals surface area contributed by atoms with Crippen LogP contribution < -0.4 is 10.9 Å². The number of hydrogen-bond donors (Lipinski definition) is 1. The van der Waals surface area contributed by atoms with E-state index in [1.807, 2.05) is 55.5 Å². The summed E-state index contributed by atoms with van der Waals surface area (Å²) in [6.45, 7) is 6.46. The molecule has 0 aliphatic heterocycles. The highest BCUT2D eigenvalue weighted by molar-refractivity contribution is 8.00. The normalized spacial score (nSPS) is 11.9. The number of rotatable bonds is 8. The lowest BCUT2D eigenvalue weighted by Gasteiger charge is -2.15. The largest absolute Gasteiger partial charge is 0.355 e. The van der Waals surface area contributed by atoms with Gasteiger partial charge in [0.05, 0.1) is 16.2 Å². The minimum atomic E-state index is -0.375. The summed E-state index contributed by atoms with van der Waals surface area (Å²) in [6, 6.07) is 17.3. The van der Waals surface area contributed by atoms with Crippen LogP contribution in [0.3, 0.4) is 0 Å². The van der Waals surface area contributed by atoms with Crippen molar-refractivity contribution in [2.45, 2.75) is 30.3 Å². The number of allylic oxidation sites excluding steroid dienone is 1. The number of fused-ring (bicyclic) bond motifs is 1. The molecule has 1 unspecified atom stereocenters. The van der Waals surface area contributed by atoms with Crippen LogP contribution in [0.1, 0.15) is 12.5 Å². The first-order valence-corrected chi connectivity index (χ1v) is 10.1. The smallest absolute Gasteiger partial charge is 0.262 e. The summed E-state index contributed by atoms with van der Waals surface area (Å²) >= 11 is 1.29. The SMILES string of the molecule is C=CCn1c(SC(C)C(=O)NCCc2ccccc2)nc2ccccc2c1=O. The maximum absolute atomic E-state index is 12.8. The monoisotopic (exact) mass is 393 g/mol. The molecule has 1 N–H and O–H groups in total. The van der Waals surface area contributed by atoms with Crippen molar-refractivity contribution in [1.29, 1.82) is 0 Å². The van der Waals surface area contributed by atoms with Gasteiger partial charge in [-0.05, 0) is 31.0 Å². The van der Waals surface area contributed by atoms with Crippen LogP contribution in [0.25, 0.3) is 10.9 Å². The van der Waals surface area contributed by atoms with Crippen LogP contribution in [0.2, 0.25) is 0 Å². The van der Waals surface area contributed by atoms with Crippen LogP contribution >= 0.6 is 11.8 Å². The Morgan fingerprint density at radius 1 is 1.21 bits per heavy atom. The van der Waals surface area contributed by atoms with Crippen LogP contribution in [0.15, 0.2) is 77.2 Å². The van der Waals surface area contributed by atoms with Gasteiger partial charge >= 0.3 is 0 Å². The Balaban J connectivity index is 1.71. The molecule has 0 saturated heterocycles. The van der Waals surface area contributed by atoms with Crippen LogP contribution in [0.5, 0.6) is 0 Å². The molecule has 0 spiro atoms. The highest BCUT2D eigenvalue weighted by atomic mass is 32.2. The maximum Gasteiger partial charge on any atom is 0.262 e. The molecule has 5 nitrogen and oxygen atoms in total. The molecular weight excluding hydrogens is 370 g/mol. The molecule has 0 radical (unpaired) electrons. The number of para-hydroxylation sites is 1. The van der Waals surface area contributed by atoms with Crippen molar-refractivity contribution in [2.75, 3.05) is 6.54 Å². The standard InChI is InChI=1S/C22H23N3O2S/c1-3-15-25-21(27)18-11-7-8-12-19(18)24-22(25)28-16(2)20(26)23-14-13-17-9-5-4-6-10-17/h3-12,16H,1,13-15H2,2H3,(H,23,26). The van der Waals surface area contributed by atoms with Gasteiger partial charge in [0.2, 0.25) is 5.91 Å². The first-order valence-electron chi connectivity index (χ1n) is 9.19. The number of nitrogens with zero attached hydrogens (tertiary/aromatic N) is 2. The third-order valence-corrected chi connectivity index (χ3v) is 5.44. The van der Waals surface area contributed by atoms with Gasteiger partial charge in [0.1, 0.15) is 0 Å². The molecule has 0 bridgehead atoms. The number of benzene rings is 2. The molecule has 1 atom stereocenters. The Kier molecular flexibility index (Phi) is 6.66. The van der Waals surface area contributed by atoms with E-state index in [4.69, 9.17) is 0 Å². The Labute approximate surface area is 168 Å². The van der Waals surface area contributed by atoms with Crippen LogP contribution in [-0.4, -0.2) is 27.3 Å². The highest BCUT2D eigenvalue weighted by Gasteiger charge is 2.18. The maximum atomic E-state index is 12.8. The minimum absolute atomic E-state index is 0.0755. The van der Waals surface area contributed by atoms with E-state index in [9.17, 15) is 9.59 Å². The van der Waals surface area contributed by atoms with E-state index in [2.05, 4.69) is 16.9 Å². The minimum Gasteiger partial charge on any atom is -0.355 e. The summed E-state index contributed by atoms with van der Waals surface area (Å²) in [4.78, 5) is 29.9. The Hall–Kier alpha value is -2.86. The zero-order chi connectivity index (χ0) is 19.9. The molecule has 2 aromatic carbocycles. The van der Waals surface area contributed by atoms with Gasteiger partial charge in [-0.25, -0.2) is 4.98 Å². The molecular formula is C22H23N3O2S. The van der Waals surface area contributed by atoms with Gasteiger partial charge in [0.25, 0.3) is 5.56 Å². The van der Waals surface area contributed by atoms with Crippen molar-refractivity contribution in [3.8, 4) is 0 Å². The number of hydrogen-bond acceptors (Lipinski definition) is 4. The van der Waals surface area contributed by atoms with Crippen LogP contribution in [0.4, 0.5) is 0 Å². The first-order chi connectivity index (χ1) is 13.6. The molecule has 6 heteroatoms. The van der Waals surface area contributed by atoms with Crippen molar-refractivity contribution in [2.24, 2.45) is 0 Å². The molecule has 0 saturated carbocycles. The number of carbonyl (C=O) groups is 1. The van der Waals surface area contributed by atoms with Gasteiger partial charge in [0.15, 0.2) is 5.16 Å². The first kappa shape index (κ1) is 19.9.